The van der Waals surface area contributed by atoms with Gasteiger partial charge in [-0.3, -0.25) is 0 Å². The first-order valence-corrected chi connectivity index (χ1v) is 8.97. The Morgan fingerprint density at radius 3 is 2.29 bits per heavy atom. The van der Waals surface area contributed by atoms with Crippen LogP contribution in [0.1, 0.15) is 25.0 Å². The van der Waals surface area contributed by atoms with Gasteiger partial charge in [0.15, 0.2) is 11.6 Å². The molecule has 1 nitrogen and oxygen atoms in total. The zero-order valence-corrected chi connectivity index (χ0v) is 16.0. The molecular weight excluding hydrogens is 442 g/mol. The monoisotopic (exact) mass is 452 g/mol. The Labute approximate surface area is 154 Å². The third-order valence-electron chi connectivity index (χ3n) is 4.87. The van der Waals surface area contributed by atoms with Gasteiger partial charge in [0.05, 0.1) is 14.3 Å². The molecule has 0 amide bonds. The third kappa shape index (κ3) is 1.83. The average Bonchev–Trinajstić information content (AvgIpc) is 2.78. The van der Waals surface area contributed by atoms with E-state index in [1.54, 1.807) is 6.07 Å². The number of benzene rings is 3. The number of phenols is 1. The molecule has 0 saturated heterocycles. The van der Waals surface area contributed by atoms with Gasteiger partial charge in [-0.15, -0.1) is 0 Å². The second kappa shape index (κ2) is 5.02. The summed E-state index contributed by atoms with van der Waals surface area (Å²) in [6.07, 6.45) is 0. The lowest BCUT2D eigenvalue weighted by Crippen LogP contribution is -2.14. The van der Waals surface area contributed by atoms with E-state index in [0.29, 0.717) is 5.39 Å². The molecule has 0 spiro atoms. The molecule has 0 heterocycles. The summed E-state index contributed by atoms with van der Waals surface area (Å²) in [6, 6.07) is 9.41. The van der Waals surface area contributed by atoms with Crippen molar-refractivity contribution in [1.29, 1.82) is 0 Å². The summed E-state index contributed by atoms with van der Waals surface area (Å²) >= 11 is 6.19. The topological polar surface area (TPSA) is 20.2 Å². The number of fused-ring (bicyclic) bond motifs is 5. The van der Waals surface area contributed by atoms with Crippen LogP contribution in [-0.2, 0) is 5.41 Å². The fourth-order valence-corrected chi connectivity index (χ4v) is 4.94. The highest BCUT2D eigenvalue weighted by atomic mass is 79.9. The molecule has 4 rings (SSSR count). The van der Waals surface area contributed by atoms with E-state index in [2.05, 4.69) is 31.9 Å². The van der Waals surface area contributed by atoms with E-state index in [1.807, 2.05) is 38.1 Å². The van der Waals surface area contributed by atoms with Crippen LogP contribution in [-0.4, -0.2) is 5.11 Å². The van der Waals surface area contributed by atoms with Gasteiger partial charge in [-0.1, -0.05) is 38.1 Å². The molecule has 0 bridgehead atoms. The minimum absolute atomic E-state index is 0.0152. The van der Waals surface area contributed by atoms with Gasteiger partial charge < -0.3 is 5.11 Å². The van der Waals surface area contributed by atoms with Crippen LogP contribution in [0.25, 0.3) is 21.9 Å². The fraction of sp³-hybridized carbons (Fsp3) is 0.158. The van der Waals surface area contributed by atoms with E-state index in [0.717, 1.165) is 22.3 Å². The van der Waals surface area contributed by atoms with Crippen LogP contribution < -0.4 is 0 Å². The predicted molar refractivity (Wildman–Crippen MR) is 98.5 cm³/mol. The molecule has 5 heteroatoms. The Balaban J connectivity index is 2.32. The van der Waals surface area contributed by atoms with Gasteiger partial charge in [0.2, 0.25) is 0 Å². The summed E-state index contributed by atoms with van der Waals surface area (Å²) in [4.78, 5) is 0. The van der Waals surface area contributed by atoms with Gasteiger partial charge in [-0.25, -0.2) is 8.78 Å². The summed E-state index contributed by atoms with van der Waals surface area (Å²) < 4.78 is 29.0. The third-order valence-corrected chi connectivity index (χ3v) is 6.31. The largest absolute Gasteiger partial charge is 0.507 e. The summed E-state index contributed by atoms with van der Waals surface area (Å²) in [6.45, 7) is 4.09. The first-order valence-electron chi connectivity index (χ1n) is 7.38. The molecule has 0 unspecified atom stereocenters. The van der Waals surface area contributed by atoms with Crippen molar-refractivity contribution >= 4 is 42.6 Å². The minimum Gasteiger partial charge on any atom is -0.507 e. The number of aromatic hydroxyl groups is 1. The maximum atomic E-state index is 14.7. The zero-order chi connectivity index (χ0) is 17.4. The van der Waals surface area contributed by atoms with Gasteiger partial charge in [0.25, 0.3) is 0 Å². The van der Waals surface area contributed by atoms with Crippen LogP contribution in [0.15, 0.2) is 39.3 Å². The second-order valence-electron chi connectivity index (χ2n) is 6.49. The number of rotatable bonds is 0. The highest BCUT2D eigenvalue weighted by molar-refractivity contribution is 9.11. The highest BCUT2D eigenvalue weighted by Gasteiger charge is 2.38. The number of hydrogen-bond acceptors (Lipinski definition) is 1. The maximum absolute atomic E-state index is 14.7. The van der Waals surface area contributed by atoms with Crippen molar-refractivity contribution in [2.75, 3.05) is 0 Å². The normalized spacial score (nSPS) is 14.8. The van der Waals surface area contributed by atoms with E-state index in [-0.39, 0.29) is 25.5 Å². The summed E-state index contributed by atoms with van der Waals surface area (Å²) in [7, 11) is 0. The summed E-state index contributed by atoms with van der Waals surface area (Å²) in [5.74, 6) is -1.70. The molecule has 1 N–H and O–H groups in total. The van der Waals surface area contributed by atoms with Crippen molar-refractivity contribution in [3.8, 4) is 16.9 Å². The van der Waals surface area contributed by atoms with Crippen molar-refractivity contribution in [1.82, 2.24) is 0 Å². The first-order chi connectivity index (χ1) is 11.3. The second-order valence-corrected chi connectivity index (χ2v) is 8.08. The standard InChI is InChI=1S/C19H12Br2F2O/c1-19(2)9-6-4-3-5-8(9)12-10(19)7-11(24)13-14(12)15(20)18(23)16(21)17(13)22/h3-7,24H,1-2H3. The number of halogens is 4. The SMILES string of the molecule is CC1(C)c2ccccc2-c2c1cc(O)c1c(F)c(Br)c(F)c(Br)c21. The van der Waals surface area contributed by atoms with E-state index in [1.165, 1.54) is 0 Å². The Morgan fingerprint density at radius 2 is 1.58 bits per heavy atom. The molecule has 0 fully saturated rings. The number of hydrogen-bond donors (Lipinski definition) is 1. The van der Waals surface area contributed by atoms with Crippen LogP contribution in [0.4, 0.5) is 8.78 Å². The molecule has 0 radical (unpaired) electrons. The van der Waals surface area contributed by atoms with Gasteiger partial charge >= 0.3 is 0 Å². The molecule has 0 atom stereocenters. The Kier molecular flexibility index (Phi) is 3.35. The van der Waals surface area contributed by atoms with Crippen LogP contribution in [0, 0.1) is 11.6 Å². The lowest BCUT2D eigenvalue weighted by Gasteiger charge is -2.22. The summed E-state index contributed by atoms with van der Waals surface area (Å²) in [5, 5.41) is 10.8. The number of phenolic OH excluding ortho intramolecular Hbond substituents is 1. The lowest BCUT2D eigenvalue weighted by atomic mass is 9.82. The molecule has 3 aromatic carbocycles. The van der Waals surface area contributed by atoms with Gasteiger partial charge in [-0.2, -0.15) is 0 Å². The molecule has 1 aliphatic carbocycles. The van der Waals surface area contributed by atoms with E-state index in [4.69, 9.17) is 0 Å². The first kappa shape index (κ1) is 16.0. The van der Waals surface area contributed by atoms with Crippen LogP contribution >= 0.6 is 31.9 Å². The van der Waals surface area contributed by atoms with E-state index < -0.39 is 11.6 Å². The molecule has 0 aromatic heterocycles. The lowest BCUT2D eigenvalue weighted by molar-refractivity contribution is 0.475. The zero-order valence-electron chi connectivity index (χ0n) is 12.8. The molecule has 24 heavy (non-hydrogen) atoms. The van der Waals surface area contributed by atoms with Gasteiger partial charge in [-0.05, 0) is 60.2 Å². The van der Waals surface area contributed by atoms with Crippen molar-refractivity contribution in [3.05, 3.63) is 62.0 Å². The quantitative estimate of drug-likeness (QED) is 0.298. The smallest absolute Gasteiger partial charge is 0.155 e. The Bertz CT molecular complexity index is 1040. The molecular formula is C19H12Br2F2O. The van der Waals surface area contributed by atoms with Crippen LogP contribution in [0.2, 0.25) is 0 Å². The van der Waals surface area contributed by atoms with Crippen LogP contribution in [0.5, 0.6) is 5.75 Å². The predicted octanol–water partition coefficient (Wildman–Crippen LogP) is 6.65. The van der Waals surface area contributed by atoms with Crippen LogP contribution in [0.3, 0.4) is 0 Å². The maximum Gasteiger partial charge on any atom is 0.155 e. The average molecular weight is 454 g/mol. The Hall–Kier alpha value is -1.46. The van der Waals surface area contributed by atoms with E-state index in [9.17, 15) is 13.9 Å². The molecule has 122 valence electrons. The molecule has 1 aliphatic rings. The van der Waals surface area contributed by atoms with Crippen molar-refractivity contribution in [3.63, 3.8) is 0 Å². The Morgan fingerprint density at radius 1 is 0.917 bits per heavy atom. The minimum atomic E-state index is -0.798. The van der Waals surface area contributed by atoms with Crippen molar-refractivity contribution in [2.45, 2.75) is 19.3 Å². The van der Waals surface area contributed by atoms with Gasteiger partial charge in [0, 0.05) is 10.8 Å². The highest BCUT2D eigenvalue weighted by Crippen LogP contribution is 2.55. The van der Waals surface area contributed by atoms with E-state index >= 15 is 0 Å². The molecule has 0 saturated carbocycles. The molecule has 0 aliphatic heterocycles. The van der Waals surface area contributed by atoms with Crippen molar-refractivity contribution in [2.24, 2.45) is 0 Å². The summed E-state index contributed by atoms with van der Waals surface area (Å²) in [5.41, 5.74) is 3.26. The fourth-order valence-electron chi connectivity index (χ4n) is 3.69. The molecule has 3 aromatic rings. The van der Waals surface area contributed by atoms with Gasteiger partial charge in [0.1, 0.15) is 5.75 Å². The van der Waals surface area contributed by atoms with Crippen molar-refractivity contribution < 1.29 is 13.9 Å².